The summed E-state index contributed by atoms with van der Waals surface area (Å²) in [6.07, 6.45) is 4.45. The summed E-state index contributed by atoms with van der Waals surface area (Å²) in [5.41, 5.74) is 5.49. The average molecular weight is 194 g/mol. The van der Waals surface area contributed by atoms with Crippen molar-refractivity contribution in [3.8, 4) is 0 Å². The first-order chi connectivity index (χ1) is 7.36. The molecule has 2 heteroatoms. The van der Waals surface area contributed by atoms with Gasteiger partial charge in [0.05, 0.1) is 11.4 Å². The summed E-state index contributed by atoms with van der Waals surface area (Å²) in [5, 5.41) is 0. The Kier molecular flexibility index (Phi) is 1.68. The second-order valence-electron chi connectivity index (χ2n) is 3.65. The third-order valence-electron chi connectivity index (χ3n) is 2.77. The van der Waals surface area contributed by atoms with E-state index in [1.165, 1.54) is 0 Å². The zero-order chi connectivity index (χ0) is 10.3. The van der Waals surface area contributed by atoms with E-state index in [4.69, 9.17) is 0 Å². The molecule has 2 nitrogen and oxygen atoms in total. The van der Waals surface area contributed by atoms with E-state index in [0.29, 0.717) is 0 Å². The number of aromatic nitrogens is 2. The van der Waals surface area contributed by atoms with Gasteiger partial charge in [-0.1, -0.05) is 18.7 Å². The molecule has 0 radical (unpaired) electrons. The molecule has 0 saturated heterocycles. The lowest BCUT2D eigenvalue weighted by atomic mass is 9.89. The fourth-order valence-electron chi connectivity index (χ4n) is 2.01. The normalized spacial score (nSPS) is 13.2. The van der Waals surface area contributed by atoms with E-state index in [9.17, 15) is 0 Å². The number of hydrogen-bond acceptors (Lipinski definition) is 2. The molecule has 0 amide bonds. The fraction of sp³-hybridized carbons (Fsp3) is 0.0769. The van der Waals surface area contributed by atoms with Crippen LogP contribution in [0.2, 0.25) is 0 Å². The van der Waals surface area contributed by atoms with Crippen molar-refractivity contribution < 1.29 is 0 Å². The van der Waals surface area contributed by atoms with Gasteiger partial charge in [-0.3, -0.25) is 9.97 Å². The lowest BCUT2D eigenvalue weighted by Gasteiger charge is -2.19. The Balaban J connectivity index is 2.24. The van der Waals surface area contributed by atoms with E-state index >= 15 is 0 Å². The topological polar surface area (TPSA) is 25.8 Å². The van der Waals surface area contributed by atoms with Crippen molar-refractivity contribution in [1.82, 2.24) is 9.97 Å². The molecule has 1 aliphatic rings. The van der Waals surface area contributed by atoms with Gasteiger partial charge in [0.1, 0.15) is 0 Å². The second kappa shape index (κ2) is 3.02. The van der Waals surface area contributed by atoms with E-state index in [2.05, 4.69) is 28.7 Å². The van der Waals surface area contributed by atoms with Crippen LogP contribution in [0.1, 0.15) is 22.5 Å². The molecule has 0 bridgehead atoms. The minimum Gasteiger partial charge on any atom is -0.260 e. The van der Waals surface area contributed by atoms with E-state index < -0.39 is 0 Å². The lowest BCUT2D eigenvalue weighted by Crippen LogP contribution is -2.09. The highest BCUT2D eigenvalue weighted by molar-refractivity contribution is 5.82. The van der Waals surface area contributed by atoms with Gasteiger partial charge in [-0.05, 0) is 17.7 Å². The molecular weight excluding hydrogens is 184 g/mol. The van der Waals surface area contributed by atoms with Crippen molar-refractivity contribution in [3.05, 3.63) is 65.8 Å². The van der Waals surface area contributed by atoms with Crippen molar-refractivity contribution in [1.29, 1.82) is 0 Å². The quantitative estimate of drug-likeness (QED) is 0.549. The Morgan fingerprint density at radius 3 is 2.00 bits per heavy atom. The minimum atomic E-state index is 0.811. The van der Waals surface area contributed by atoms with Crippen LogP contribution in [-0.4, -0.2) is 9.97 Å². The van der Waals surface area contributed by atoms with Gasteiger partial charge in [-0.25, -0.2) is 0 Å². The maximum Gasteiger partial charge on any atom is 0.0541 e. The van der Waals surface area contributed by atoms with Crippen molar-refractivity contribution in [3.63, 3.8) is 0 Å². The summed E-state index contributed by atoms with van der Waals surface area (Å²) < 4.78 is 0. The molecule has 0 saturated carbocycles. The van der Waals surface area contributed by atoms with Gasteiger partial charge in [0.25, 0.3) is 0 Å². The largest absolute Gasteiger partial charge is 0.260 e. The van der Waals surface area contributed by atoms with E-state index in [1.807, 2.05) is 24.5 Å². The zero-order valence-electron chi connectivity index (χ0n) is 8.27. The zero-order valence-corrected chi connectivity index (χ0v) is 8.27. The molecule has 15 heavy (non-hydrogen) atoms. The van der Waals surface area contributed by atoms with Crippen LogP contribution in [0.15, 0.2) is 43.2 Å². The van der Waals surface area contributed by atoms with Gasteiger partial charge < -0.3 is 0 Å². The number of pyridine rings is 2. The van der Waals surface area contributed by atoms with Gasteiger partial charge in [0.2, 0.25) is 0 Å². The summed E-state index contributed by atoms with van der Waals surface area (Å²) in [7, 11) is 0. The summed E-state index contributed by atoms with van der Waals surface area (Å²) in [6.45, 7) is 4.12. The van der Waals surface area contributed by atoms with Gasteiger partial charge in [-0.15, -0.1) is 0 Å². The van der Waals surface area contributed by atoms with Crippen LogP contribution in [0.5, 0.6) is 0 Å². The molecule has 1 aliphatic carbocycles. The van der Waals surface area contributed by atoms with Gasteiger partial charge in [0, 0.05) is 29.9 Å². The maximum atomic E-state index is 4.37. The second-order valence-corrected chi connectivity index (χ2v) is 3.65. The number of rotatable bonds is 0. The Bertz CT molecular complexity index is 496. The van der Waals surface area contributed by atoms with Crippen LogP contribution < -0.4 is 0 Å². The molecule has 0 fully saturated rings. The van der Waals surface area contributed by atoms with Crippen LogP contribution in [-0.2, 0) is 6.42 Å². The molecule has 2 heterocycles. The Hall–Kier alpha value is -1.96. The maximum absolute atomic E-state index is 4.37. The Morgan fingerprint density at radius 2 is 1.47 bits per heavy atom. The first-order valence-electron chi connectivity index (χ1n) is 4.93. The highest BCUT2D eigenvalue weighted by atomic mass is 14.7. The summed E-state index contributed by atoms with van der Waals surface area (Å²) in [6, 6.07) is 8.04. The van der Waals surface area contributed by atoms with E-state index in [1.54, 1.807) is 0 Å². The van der Waals surface area contributed by atoms with Crippen LogP contribution in [0.25, 0.3) is 5.57 Å². The molecule has 0 N–H and O–H groups in total. The molecule has 0 aliphatic heterocycles. The van der Waals surface area contributed by atoms with Gasteiger partial charge >= 0.3 is 0 Å². The van der Waals surface area contributed by atoms with Gasteiger partial charge in [0.15, 0.2) is 0 Å². The molecule has 0 atom stereocenters. The predicted molar refractivity (Wildman–Crippen MR) is 59.4 cm³/mol. The molecule has 3 rings (SSSR count). The molecule has 0 aromatic carbocycles. The minimum absolute atomic E-state index is 0.811. The molecule has 2 aromatic heterocycles. The van der Waals surface area contributed by atoms with Crippen LogP contribution >= 0.6 is 0 Å². The van der Waals surface area contributed by atoms with E-state index in [-0.39, 0.29) is 0 Å². The molecular formula is C13H10N2. The first kappa shape index (κ1) is 8.36. The first-order valence-corrected chi connectivity index (χ1v) is 4.93. The smallest absolute Gasteiger partial charge is 0.0541 e. The van der Waals surface area contributed by atoms with Crippen molar-refractivity contribution in [2.75, 3.05) is 0 Å². The number of hydrogen-bond donors (Lipinski definition) is 0. The van der Waals surface area contributed by atoms with Crippen molar-refractivity contribution in [2.45, 2.75) is 6.42 Å². The van der Waals surface area contributed by atoms with Crippen LogP contribution in [0, 0.1) is 0 Å². The highest BCUT2D eigenvalue weighted by Crippen LogP contribution is 2.31. The lowest BCUT2D eigenvalue weighted by molar-refractivity contribution is 0.978. The van der Waals surface area contributed by atoms with Crippen molar-refractivity contribution in [2.24, 2.45) is 0 Å². The third-order valence-corrected chi connectivity index (χ3v) is 2.77. The Morgan fingerprint density at radius 1 is 0.933 bits per heavy atom. The molecule has 0 unspecified atom stereocenters. The monoisotopic (exact) mass is 194 g/mol. The summed E-state index contributed by atoms with van der Waals surface area (Å²) >= 11 is 0. The summed E-state index contributed by atoms with van der Waals surface area (Å²) in [4.78, 5) is 8.74. The third kappa shape index (κ3) is 1.18. The molecule has 2 aromatic rings. The molecule has 72 valence electrons. The molecule has 0 spiro atoms. The summed E-state index contributed by atoms with van der Waals surface area (Å²) in [5.74, 6) is 0. The Labute approximate surface area is 88.3 Å². The van der Waals surface area contributed by atoms with Gasteiger partial charge in [-0.2, -0.15) is 0 Å². The standard InChI is InChI=1S/C13H10N2/c1-9-10-4-2-6-14-12(10)8-13-11(9)5-3-7-15-13/h2-7H,1,8H2. The predicted octanol–water partition coefficient (Wildman–Crippen LogP) is 2.44. The number of fused-ring (bicyclic) bond motifs is 2. The fourth-order valence-corrected chi connectivity index (χ4v) is 2.01. The van der Waals surface area contributed by atoms with E-state index in [0.717, 1.165) is 34.5 Å². The van der Waals surface area contributed by atoms with Crippen molar-refractivity contribution >= 4 is 5.57 Å². The SMILES string of the molecule is C=C1c2cccnc2Cc2ncccc21. The average Bonchev–Trinajstić information content (AvgIpc) is 2.30. The van der Waals surface area contributed by atoms with Crippen LogP contribution in [0.4, 0.5) is 0 Å². The van der Waals surface area contributed by atoms with Crippen LogP contribution in [0.3, 0.4) is 0 Å². The highest BCUT2D eigenvalue weighted by Gasteiger charge is 2.19. The number of nitrogens with zero attached hydrogens (tertiary/aromatic N) is 2.